The van der Waals surface area contributed by atoms with Gasteiger partial charge >= 0.3 is 0 Å². The zero-order chi connectivity index (χ0) is 22.7. The number of nitrogens with zero attached hydrogens (tertiary/aromatic N) is 6. The quantitative estimate of drug-likeness (QED) is 0.389. The topological polar surface area (TPSA) is 77.5 Å². The summed E-state index contributed by atoms with van der Waals surface area (Å²) in [6.45, 7) is 8.30. The lowest BCUT2D eigenvalue weighted by molar-refractivity contribution is 0.633. The predicted molar refractivity (Wildman–Crippen MR) is 131 cm³/mol. The summed E-state index contributed by atoms with van der Waals surface area (Å²) in [4.78, 5) is 0. The lowest BCUT2D eigenvalue weighted by Crippen LogP contribution is -2.19. The second-order valence-corrected chi connectivity index (χ2v) is 8.38. The predicted octanol–water partition coefficient (Wildman–Crippen LogP) is 4.47. The Morgan fingerprint density at radius 1 is 1.06 bits per heavy atom. The molecule has 0 atom stereocenters. The van der Waals surface area contributed by atoms with E-state index in [9.17, 15) is 0 Å². The number of rotatable bonds is 7. The summed E-state index contributed by atoms with van der Waals surface area (Å²) in [5.74, 6) is 0.678. The van der Waals surface area contributed by atoms with Gasteiger partial charge in [-0.15, -0.1) is 0 Å². The minimum atomic E-state index is 0.451. The van der Waals surface area contributed by atoms with Gasteiger partial charge < -0.3 is 10.6 Å². The van der Waals surface area contributed by atoms with Crippen LogP contribution in [-0.2, 0) is 19.6 Å². The van der Waals surface area contributed by atoms with E-state index < -0.39 is 0 Å². The lowest BCUT2D eigenvalue weighted by atomic mass is 10.2. The van der Waals surface area contributed by atoms with E-state index in [1.54, 1.807) is 6.20 Å². The molecule has 0 fully saturated rings. The minimum Gasteiger partial charge on any atom is -0.330 e. The number of aromatic nitrogens is 6. The summed E-state index contributed by atoms with van der Waals surface area (Å²) >= 11 is 11.5. The maximum absolute atomic E-state index is 6.09. The van der Waals surface area contributed by atoms with Gasteiger partial charge in [0.05, 0.1) is 31.2 Å². The smallest absolute Gasteiger partial charge is 0.176 e. The molecule has 0 aliphatic carbocycles. The van der Waals surface area contributed by atoms with E-state index in [0.717, 1.165) is 34.7 Å². The molecular formula is C22H25ClN8S. The number of benzene rings is 1. The van der Waals surface area contributed by atoms with Crippen LogP contribution in [-0.4, -0.2) is 34.5 Å². The molecule has 4 aromatic rings. The third kappa shape index (κ3) is 5.17. The van der Waals surface area contributed by atoms with Crippen LogP contribution in [0.4, 0.5) is 11.5 Å². The molecule has 0 spiro atoms. The SMILES string of the molecule is CCn1ncc(Cn2cc(NC(=S)Nc3cc(C)n(Cc4cccc(Cl)c4)n3)cn2)c1C. The molecular weight excluding hydrogens is 444 g/mol. The summed E-state index contributed by atoms with van der Waals surface area (Å²) in [7, 11) is 0. The molecule has 2 N–H and O–H groups in total. The van der Waals surface area contributed by atoms with Crippen molar-refractivity contribution in [3.05, 3.63) is 76.5 Å². The first kappa shape index (κ1) is 22.0. The van der Waals surface area contributed by atoms with Crippen molar-refractivity contribution < 1.29 is 0 Å². The molecule has 166 valence electrons. The van der Waals surface area contributed by atoms with Crippen LogP contribution < -0.4 is 10.6 Å². The number of halogens is 1. The number of aryl methyl sites for hydroxylation is 2. The highest BCUT2D eigenvalue weighted by Gasteiger charge is 2.10. The molecule has 0 saturated heterocycles. The van der Waals surface area contributed by atoms with Crippen molar-refractivity contribution in [3.63, 3.8) is 0 Å². The maximum Gasteiger partial charge on any atom is 0.176 e. The van der Waals surface area contributed by atoms with Gasteiger partial charge in [0.25, 0.3) is 0 Å². The van der Waals surface area contributed by atoms with Crippen molar-refractivity contribution in [2.24, 2.45) is 0 Å². The summed E-state index contributed by atoms with van der Waals surface area (Å²) in [5.41, 5.74) is 5.20. The Morgan fingerprint density at radius 2 is 1.91 bits per heavy atom. The largest absolute Gasteiger partial charge is 0.330 e. The van der Waals surface area contributed by atoms with Crippen LogP contribution in [0.15, 0.2) is 48.9 Å². The fourth-order valence-corrected chi connectivity index (χ4v) is 3.90. The molecule has 10 heteroatoms. The zero-order valence-electron chi connectivity index (χ0n) is 18.2. The number of hydrogen-bond acceptors (Lipinski definition) is 4. The molecule has 0 aliphatic rings. The van der Waals surface area contributed by atoms with E-state index in [1.807, 2.05) is 63.7 Å². The van der Waals surface area contributed by atoms with Gasteiger partial charge in [0.2, 0.25) is 0 Å². The van der Waals surface area contributed by atoms with Crippen LogP contribution in [0, 0.1) is 13.8 Å². The highest BCUT2D eigenvalue weighted by molar-refractivity contribution is 7.80. The molecule has 0 bridgehead atoms. The second kappa shape index (κ2) is 9.54. The van der Waals surface area contributed by atoms with Gasteiger partial charge in [0.1, 0.15) is 0 Å². The van der Waals surface area contributed by atoms with E-state index in [4.69, 9.17) is 23.8 Å². The van der Waals surface area contributed by atoms with Gasteiger partial charge in [0, 0.05) is 40.8 Å². The van der Waals surface area contributed by atoms with Crippen LogP contribution in [0.3, 0.4) is 0 Å². The first-order valence-corrected chi connectivity index (χ1v) is 11.1. The van der Waals surface area contributed by atoms with E-state index in [2.05, 4.69) is 39.8 Å². The summed E-state index contributed by atoms with van der Waals surface area (Å²) in [5, 5.41) is 20.9. The normalized spacial score (nSPS) is 11.0. The Morgan fingerprint density at radius 3 is 2.66 bits per heavy atom. The fraction of sp³-hybridized carbons (Fsp3) is 0.273. The van der Waals surface area contributed by atoms with E-state index in [1.165, 1.54) is 0 Å². The van der Waals surface area contributed by atoms with Crippen molar-refractivity contribution in [2.45, 2.75) is 40.4 Å². The average molecular weight is 469 g/mol. The molecule has 8 nitrogen and oxygen atoms in total. The Kier molecular flexibility index (Phi) is 6.57. The second-order valence-electron chi connectivity index (χ2n) is 7.54. The first-order chi connectivity index (χ1) is 15.4. The third-order valence-electron chi connectivity index (χ3n) is 5.17. The molecule has 3 aromatic heterocycles. The van der Waals surface area contributed by atoms with Gasteiger partial charge in [-0.25, -0.2) is 0 Å². The Hall–Kier alpha value is -3.17. The molecule has 1 aromatic carbocycles. The van der Waals surface area contributed by atoms with Crippen LogP contribution in [0.25, 0.3) is 0 Å². The van der Waals surface area contributed by atoms with E-state index in [-0.39, 0.29) is 0 Å². The van der Waals surface area contributed by atoms with Crippen LogP contribution >= 0.6 is 23.8 Å². The van der Waals surface area contributed by atoms with Gasteiger partial charge in [-0.1, -0.05) is 23.7 Å². The highest BCUT2D eigenvalue weighted by Crippen LogP contribution is 2.16. The molecule has 0 amide bonds. The first-order valence-electron chi connectivity index (χ1n) is 10.3. The van der Waals surface area contributed by atoms with Gasteiger partial charge in [-0.2, -0.15) is 15.3 Å². The van der Waals surface area contributed by atoms with Crippen molar-refractivity contribution >= 4 is 40.4 Å². The van der Waals surface area contributed by atoms with Crippen LogP contribution in [0.1, 0.15) is 29.4 Å². The van der Waals surface area contributed by atoms with Crippen molar-refractivity contribution in [2.75, 3.05) is 10.6 Å². The number of anilines is 2. The maximum atomic E-state index is 6.09. The summed E-state index contributed by atoms with van der Waals surface area (Å²) in [6, 6.07) is 9.72. The molecule has 0 saturated carbocycles. The minimum absolute atomic E-state index is 0.451. The zero-order valence-corrected chi connectivity index (χ0v) is 19.8. The van der Waals surface area contributed by atoms with Crippen LogP contribution in [0.2, 0.25) is 5.02 Å². The van der Waals surface area contributed by atoms with Crippen molar-refractivity contribution in [1.29, 1.82) is 0 Å². The lowest BCUT2D eigenvalue weighted by Gasteiger charge is -2.07. The summed E-state index contributed by atoms with van der Waals surface area (Å²) in [6.07, 6.45) is 5.55. The van der Waals surface area contributed by atoms with Gasteiger partial charge in [-0.3, -0.25) is 14.0 Å². The average Bonchev–Trinajstić information content (AvgIpc) is 3.42. The van der Waals surface area contributed by atoms with Gasteiger partial charge in [0.15, 0.2) is 10.9 Å². The number of thiocarbonyl (C=S) groups is 1. The Balaban J connectivity index is 1.35. The van der Waals surface area contributed by atoms with Crippen LogP contribution in [0.5, 0.6) is 0 Å². The highest BCUT2D eigenvalue weighted by atomic mass is 35.5. The van der Waals surface area contributed by atoms with E-state index in [0.29, 0.717) is 29.0 Å². The summed E-state index contributed by atoms with van der Waals surface area (Å²) < 4.78 is 5.75. The molecule has 3 heterocycles. The fourth-order valence-electron chi connectivity index (χ4n) is 3.47. The molecule has 0 radical (unpaired) electrons. The Bertz CT molecular complexity index is 1240. The van der Waals surface area contributed by atoms with Crippen molar-refractivity contribution in [3.8, 4) is 0 Å². The Labute approximate surface area is 197 Å². The molecule has 32 heavy (non-hydrogen) atoms. The molecule has 4 rings (SSSR count). The molecule has 0 aliphatic heterocycles. The van der Waals surface area contributed by atoms with E-state index >= 15 is 0 Å². The number of nitrogens with one attached hydrogen (secondary N) is 2. The number of hydrogen-bond donors (Lipinski definition) is 2. The monoisotopic (exact) mass is 468 g/mol. The molecule has 0 unspecified atom stereocenters. The van der Waals surface area contributed by atoms with Crippen molar-refractivity contribution in [1.82, 2.24) is 29.3 Å². The third-order valence-corrected chi connectivity index (χ3v) is 5.61. The van der Waals surface area contributed by atoms with Gasteiger partial charge in [-0.05, 0) is 50.7 Å². The standard InChI is InChI=1S/C22H25ClN8S/c1-4-30-16(3)18(10-25-30)13-29-14-20(11-24-29)26-22(32)27-21-8-15(2)31(28-21)12-17-6-5-7-19(23)9-17/h5-11,14H,4,12-13H2,1-3H3,(H2,26,27,28,32).